The van der Waals surface area contributed by atoms with Crippen LogP contribution >= 0.6 is 34.8 Å². The van der Waals surface area contributed by atoms with Gasteiger partial charge in [-0.2, -0.15) is 11.8 Å². The Bertz CT molecular complexity index is 318. The summed E-state index contributed by atoms with van der Waals surface area (Å²) in [5, 5.41) is 0. The summed E-state index contributed by atoms with van der Waals surface area (Å²) < 4.78 is 5.02. The fourth-order valence-electron chi connectivity index (χ4n) is 3.31. The minimum Gasteiger partial charge on any atom is -0.315 e. The fourth-order valence-corrected chi connectivity index (χ4v) is 4.64. The molecule has 0 atom stereocenters. The summed E-state index contributed by atoms with van der Waals surface area (Å²) in [5.74, 6) is 10.1. The molecule has 1 saturated carbocycles. The van der Waals surface area contributed by atoms with Crippen molar-refractivity contribution in [3.05, 3.63) is 0 Å². The van der Waals surface area contributed by atoms with Crippen LogP contribution in [-0.4, -0.2) is 18.1 Å². The molecule has 0 aromatic carbocycles. The maximum Gasteiger partial charge on any atom is 0.109 e. The number of halogens is 1. The van der Waals surface area contributed by atoms with Crippen LogP contribution in [0.2, 0.25) is 0 Å². The van der Waals surface area contributed by atoms with Gasteiger partial charge in [-0.05, 0) is 31.4 Å². The van der Waals surface area contributed by atoms with Crippen LogP contribution in [0.4, 0.5) is 0 Å². The van der Waals surface area contributed by atoms with Gasteiger partial charge in [-0.1, -0.05) is 70.1 Å². The molecule has 0 N–H and O–H groups in total. The van der Waals surface area contributed by atoms with Gasteiger partial charge in [-0.15, -0.1) is 5.92 Å². The average Bonchev–Trinajstić information content (AvgIpc) is 3.11. The second-order valence-corrected chi connectivity index (χ2v) is 8.86. The van der Waals surface area contributed by atoms with Crippen molar-refractivity contribution in [1.82, 2.24) is 0 Å². The van der Waals surface area contributed by atoms with Gasteiger partial charge in [0.25, 0.3) is 0 Å². The Morgan fingerprint density at radius 3 is 2.00 bits per heavy atom. The van der Waals surface area contributed by atoms with Crippen molar-refractivity contribution >= 4 is 34.8 Å². The van der Waals surface area contributed by atoms with E-state index < -0.39 is 0 Å². The Balaban J connectivity index is 1.69. The number of hydrogen-bond donors (Lipinski definition) is 0. The Morgan fingerprint density at radius 2 is 1.38 bits per heavy atom. The highest BCUT2D eigenvalue weighted by Crippen LogP contribution is 2.23. The van der Waals surface area contributed by atoms with E-state index in [0.29, 0.717) is 0 Å². The van der Waals surface area contributed by atoms with Crippen LogP contribution < -0.4 is 0 Å². The second kappa shape index (κ2) is 18.4. The second-order valence-electron chi connectivity index (χ2n) is 7.01. The molecule has 0 amide bonds. The van der Waals surface area contributed by atoms with Crippen LogP contribution in [0.25, 0.3) is 0 Å². The van der Waals surface area contributed by atoms with Crippen molar-refractivity contribution in [2.24, 2.45) is 5.92 Å². The molecule has 1 aliphatic rings. The van der Waals surface area contributed by atoms with Crippen molar-refractivity contribution < 1.29 is 3.07 Å². The maximum absolute atomic E-state index is 5.02. The number of rotatable bonds is 15. The summed E-state index contributed by atoms with van der Waals surface area (Å²) in [6.07, 6.45) is 20.8. The normalized spacial score (nSPS) is 14.7. The third-order valence-corrected chi connectivity index (χ3v) is 6.28. The van der Waals surface area contributed by atoms with Crippen LogP contribution in [0.5, 0.6) is 0 Å². The Labute approximate surface area is 169 Å². The van der Waals surface area contributed by atoms with E-state index in [-0.39, 0.29) is 0 Å². The lowest BCUT2D eigenvalue weighted by Gasteiger charge is -2.03. The van der Waals surface area contributed by atoms with Gasteiger partial charge in [0.15, 0.2) is 0 Å². The Morgan fingerprint density at radius 1 is 0.792 bits per heavy atom. The first-order valence-electron chi connectivity index (χ1n) is 10.2. The summed E-state index contributed by atoms with van der Waals surface area (Å²) in [6, 6.07) is 0. The molecule has 140 valence electrons. The van der Waals surface area contributed by atoms with Gasteiger partial charge >= 0.3 is 0 Å². The third-order valence-electron chi connectivity index (χ3n) is 4.81. The van der Waals surface area contributed by atoms with E-state index in [0.717, 1.165) is 24.7 Å². The van der Waals surface area contributed by atoms with Gasteiger partial charge in [0.05, 0.1) is 6.61 Å². The first-order chi connectivity index (χ1) is 11.9. The molecule has 0 unspecified atom stereocenters. The lowest BCUT2D eigenvalue weighted by atomic mass is 10.1. The van der Waals surface area contributed by atoms with Gasteiger partial charge in [0.2, 0.25) is 0 Å². The summed E-state index contributed by atoms with van der Waals surface area (Å²) >= 11 is 4.00. The third kappa shape index (κ3) is 14.9. The SMILES string of the molecule is IOCCSCCCCCCCCCCCCC#CC1CCCC1. The highest BCUT2D eigenvalue weighted by molar-refractivity contribution is 14.1. The Kier molecular flexibility index (Phi) is 17.4. The van der Waals surface area contributed by atoms with E-state index in [9.17, 15) is 0 Å². The molecule has 0 bridgehead atoms. The summed E-state index contributed by atoms with van der Waals surface area (Å²) in [7, 11) is 0. The summed E-state index contributed by atoms with van der Waals surface area (Å²) in [5.41, 5.74) is 0. The zero-order valence-corrected chi connectivity index (χ0v) is 18.5. The minimum atomic E-state index is 0.744. The van der Waals surface area contributed by atoms with Gasteiger partial charge in [0.1, 0.15) is 23.0 Å². The van der Waals surface area contributed by atoms with Crippen molar-refractivity contribution in [3.63, 3.8) is 0 Å². The van der Waals surface area contributed by atoms with Crippen molar-refractivity contribution in [2.45, 2.75) is 96.3 Å². The zero-order chi connectivity index (χ0) is 17.1. The predicted molar refractivity (Wildman–Crippen MR) is 118 cm³/mol. The molecule has 3 heteroatoms. The largest absolute Gasteiger partial charge is 0.315 e. The maximum atomic E-state index is 5.02. The molecule has 1 nitrogen and oxygen atoms in total. The number of hydrogen-bond acceptors (Lipinski definition) is 2. The molecule has 0 aromatic rings. The van der Waals surface area contributed by atoms with Crippen molar-refractivity contribution in [2.75, 3.05) is 18.1 Å². The standard InChI is InChI=1S/C21H37IOS/c22-23-18-20-24-19-14-10-8-6-4-2-1-3-5-7-9-11-15-21-16-12-13-17-21/h21H,1-10,12-14,16-20H2. The molecule has 0 heterocycles. The van der Waals surface area contributed by atoms with Crippen molar-refractivity contribution in [1.29, 1.82) is 0 Å². The van der Waals surface area contributed by atoms with Crippen LogP contribution in [0, 0.1) is 17.8 Å². The van der Waals surface area contributed by atoms with E-state index in [1.807, 2.05) is 34.8 Å². The van der Waals surface area contributed by atoms with E-state index in [1.54, 1.807) is 0 Å². The molecule has 0 radical (unpaired) electrons. The Hall–Kier alpha value is 0.600. The molecule has 1 rings (SSSR count). The summed E-state index contributed by atoms with van der Waals surface area (Å²) in [6.45, 7) is 0.887. The molecule has 0 aromatic heterocycles. The topological polar surface area (TPSA) is 9.23 Å². The first kappa shape index (κ1) is 22.6. The van der Waals surface area contributed by atoms with Crippen LogP contribution in [-0.2, 0) is 3.07 Å². The number of unbranched alkanes of at least 4 members (excludes halogenated alkanes) is 10. The summed E-state index contributed by atoms with van der Waals surface area (Å²) in [4.78, 5) is 0. The number of thioether (sulfide) groups is 1. The molecule has 0 saturated heterocycles. The quantitative estimate of drug-likeness (QED) is 0.140. The first-order valence-corrected chi connectivity index (χ1v) is 12.3. The van der Waals surface area contributed by atoms with Crippen LogP contribution in [0.3, 0.4) is 0 Å². The van der Waals surface area contributed by atoms with Gasteiger partial charge < -0.3 is 3.07 Å². The lowest BCUT2D eigenvalue weighted by molar-refractivity contribution is 0.463. The van der Waals surface area contributed by atoms with Gasteiger partial charge in [-0.25, -0.2) is 0 Å². The molecular formula is C21H37IOS. The van der Waals surface area contributed by atoms with Gasteiger partial charge in [0, 0.05) is 18.1 Å². The van der Waals surface area contributed by atoms with E-state index >= 15 is 0 Å². The van der Waals surface area contributed by atoms with Crippen LogP contribution in [0.1, 0.15) is 96.3 Å². The fraction of sp³-hybridized carbons (Fsp3) is 0.905. The highest BCUT2D eigenvalue weighted by Gasteiger charge is 2.10. The van der Waals surface area contributed by atoms with E-state index in [1.165, 1.54) is 95.6 Å². The smallest absolute Gasteiger partial charge is 0.109 e. The van der Waals surface area contributed by atoms with E-state index in [2.05, 4.69) is 11.8 Å². The molecule has 0 spiro atoms. The van der Waals surface area contributed by atoms with Crippen LogP contribution in [0.15, 0.2) is 0 Å². The zero-order valence-electron chi connectivity index (χ0n) is 15.5. The van der Waals surface area contributed by atoms with Gasteiger partial charge in [-0.3, -0.25) is 0 Å². The minimum absolute atomic E-state index is 0.744. The highest BCUT2D eigenvalue weighted by atomic mass is 127. The average molecular weight is 464 g/mol. The lowest BCUT2D eigenvalue weighted by Crippen LogP contribution is -1.90. The van der Waals surface area contributed by atoms with Crippen molar-refractivity contribution in [3.8, 4) is 11.8 Å². The molecule has 1 aliphatic carbocycles. The molecule has 24 heavy (non-hydrogen) atoms. The molecule has 0 aliphatic heterocycles. The van der Waals surface area contributed by atoms with E-state index in [4.69, 9.17) is 3.07 Å². The molecule has 1 fully saturated rings. The predicted octanol–water partition coefficient (Wildman–Crippen LogP) is 7.57. The molecular weight excluding hydrogens is 427 g/mol. The monoisotopic (exact) mass is 464 g/mol.